The monoisotopic (exact) mass is 360 g/mol. The molecule has 0 saturated heterocycles. The van der Waals surface area contributed by atoms with Crippen LogP contribution >= 0.6 is 27.5 Å². The average Bonchev–Trinajstić information content (AvgIpc) is 2.39. The lowest BCUT2D eigenvalue weighted by atomic mass is 10.1. The number of anilines is 2. The van der Waals surface area contributed by atoms with Crippen LogP contribution in [-0.2, 0) is 0 Å². The molecule has 104 valence electrons. The van der Waals surface area contributed by atoms with E-state index < -0.39 is 23.1 Å². The molecule has 3 nitrogen and oxygen atoms in total. The summed E-state index contributed by atoms with van der Waals surface area (Å²) in [6, 6.07) is 6.55. The molecule has 0 bridgehead atoms. The molecule has 20 heavy (non-hydrogen) atoms. The number of amides is 1. The van der Waals surface area contributed by atoms with Crippen LogP contribution in [0.5, 0.6) is 0 Å². The van der Waals surface area contributed by atoms with Crippen LogP contribution in [0.2, 0.25) is 5.02 Å². The van der Waals surface area contributed by atoms with Gasteiger partial charge in [0.1, 0.15) is 11.4 Å². The molecule has 0 aliphatic carbocycles. The van der Waals surface area contributed by atoms with E-state index in [9.17, 15) is 13.6 Å². The van der Waals surface area contributed by atoms with Gasteiger partial charge in [-0.1, -0.05) is 11.6 Å². The molecule has 2 aromatic carbocycles. The third-order valence-corrected chi connectivity index (χ3v) is 3.74. The number of carbonyl (C=O) groups is 1. The highest BCUT2D eigenvalue weighted by Crippen LogP contribution is 2.26. The SMILES string of the molecule is Nc1ccc(F)c(C(=O)Nc2ccc(Cl)c(Br)c2)c1F. The molecule has 7 heteroatoms. The number of hydrogen-bond acceptors (Lipinski definition) is 2. The predicted octanol–water partition coefficient (Wildman–Crippen LogP) is 4.22. The Morgan fingerprint density at radius 3 is 2.60 bits per heavy atom. The molecule has 0 saturated carbocycles. The van der Waals surface area contributed by atoms with Crippen molar-refractivity contribution < 1.29 is 13.6 Å². The Bertz CT molecular complexity index is 694. The third-order valence-electron chi connectivity index (χ3n) is 2.53. The maximum absolute atomic E-state index is 13.7. The zero-order valence-electron chi connectivity index (χ0n) is 9.88. The van der Waals surface area contributed by atoms with E-state index in [4.69, 9.17) is 17.3 Å². The van der Waals surface area contributed by atoms with E-state index in [1.807, 2.05) is 0 Å². The largest absolute Gasteiger partial charge is 0.396 e. The number of halogens is 4. The molecule has 0 aliphatic heterocycles. The Labute approximate surface area is 126 Å². The Balaban J connectivity index is 2.33. The molecular formula is C13H8BrClF2N2O. The highest BCUT2D eigenvalue weighted by atomic mass is 79.9. The van der Waals surface area contributed by atoms with Gasteiger partial charge in [0, 0.05) is 10.2 Å². The molecule has 0 spiro atoms. The normalized spacial score (nSPS) is 10.4. The van der Waals surface area contributed by atoms with Crippen LogP contribution in [-0.4, -0.2) is 5.91 Å². The van der Waals surface area contributed by atoms with Gasteiger partial charge >= 0.3 is 0 Å². The van der Waals surface area contributed by atoms with E-state index in [-0.39, 0.29) is 5.69 Å². The van der Waals surface area contributed by atoms with E-state index in [2.05, 4.69) is 21.2 Å². The zero-order chi connectivity index (χ0) is 14.9. The summed E-state index contributed by atoms with van der Waals surface area (Å²) in [6.07, 6.45) is 0. The second-order valence-corrected chi connectivity index (χ2v) is 5.17. The van der Waals surface area contributed by atoms with Gasteiger partial charge in [-0.2, -0.15) is 0 Å². The molecule has 0 aliphatic rings. The fourth-order valence-corrected chi connectivity index (χ4v) is 2.04. The minimum absolute atomic E-state index is 0.297. The summed E-state index contributed by atoms with van der Waals surface area (Å²) in [5, 5.41) is 2.82. The first-order valence-corrected chi connectivity index (χ1v) is 6.57. The van der Waals surface area contributed by atoms with E-state index in [0.717, 1.165) is 12.1 Å². The molecule has 0 heterocycles. The van der Waals surface area contributed by atoms with Gasteiger partial charge in [-0.15, -0.1) is 0 Å². The third kappa shape index (κ3) is 2.91. The van der Waals surface area contributed by atoms with E-state index in [1.165, 1.54) is 18.2 Å². The number of nitrogens with one attached hydrogen (secondary N) is 1. The minimum Gasteiger partial charge on any atom is -0.396 e. The lowest BCUT2D eigenvalue weighted by Gasteiger charge is -2.09. The Morgan fingerprint density at radius 2 is 1.95 bits per heavy atom. The zero-order valence-corrected chi connectivity index (χ0v) is 12.2. The Hall–Kier alpha value is -1.66. The van der Waals surface area contributed by atoms with Crippen molar-refractivity contribution in [2.75, 3.05) is 11.1 Å². The summed E-state index contributed by atoms with van der Waals surface area (Å²) in [6.45, 7) is 0. The maximum atomic E-state index is 13.7. The first-order valence-electron chi connectivity index (χ1n) is 5.40. The fraction of sp³-hybridized carbons (Fsp3) is 0. The van der Waals surface area contributed by atoms with Crippen LogP contribution in [0.25, 0.3) is 0 Å². The van der Waals surface area contributed by atoms with Gasteiger partial charge in [0.25, 0.3) is 5.91 Å². The second kappa shape index (κ2) is 5.76. The first kappa shape index (κ1) is 14.7. The van der Waals surface area contributed by atoms with Crippen molar-refractivity contribution in [1.82, 2.24) is 0 Å². The standard InChI is InChI=1S/C13H8BrClF2N2O/c14-7-5-6(1-2-8(7)15)19-13(20)11-9(16)3-4-10(18)12(11)17/h1-5H,18H2,(H,19,20). The van der Waals surface area contributed by atoms with E-state index >= 15 is 0 Å². The Kier molecular flexibility index (Phi) is 4.25. The van der Waals surface area contributed by atoms with Crippen molar-refractivity contribution >= 4 is 44.8 Å². The van der Waals surface area contributed by atoms with Gasteiger partial charge in [0.2, 0.25) is 0 Å². The number of nitrogens with two attached hydrogens (primary N) is 1. The molecule has 0 unspecified atom stereocenters. The van der Waals surface area contributed by atoms with Crippen LogP contribution < -0.4 is 11.1 Å². The van der Waals surface area contributed by atoms with Crippen LogP contribution in [0.4, 0.5) is 20.2 Å². The van der Waals surface area contributed by atoms with Crippen LogP contribution in [0.3, 0.4) is 0 Å². The summed E-state index contributed by atoms with van der Waals surface area (Å²) in [7, 11) is 0. The van der Waals surface area contributed by atoms with Gasteiger partial charge in [-0.25, -0.2) is 8.78 Å². The molecule has 3 N–H and O–H groups in total. The topological polar surface area (TPSA) is 55.1 Å². The minimum atomic E-state index is -1.09. The molecule has 0 fully saturated rings. The summed E-state index contributed by atoms with van der Waals surface area (Å²) in [5.74, 6) is -3.00. The van der Waals surface area contributed by atoms with Crippen molar-refractivity contribution in [2.24, 2.45) is 0 Å². The molecule has 1 amide bonds. The maximum Gasteiger partial charge on any atom is 0.261 e. The molecule has 2 rings (SSSR count). The predicted molar refractivity (Wildman–Crippen MR) is 77.9 cm³/mol. The van der Waals surface area contributed by atoms with Gasteiger partial charge in [-0.05, 0) is 46.3 Å². The number of carbonyl (C=O) groups excluding carboxylic acids is 1. The molecule has 2 aromatic rings. The van der Waals surface area contributed by atoms with Crippen molar-refractivity contribution in [2.45, 2.75) is 0 Å². The summed E-state index contributed by atoms with van der Waals surface area (Å²) in [5.41, 5.74) is 4.64. The first-order chi connectivity index (χ1) is 9.40. The molecule has 0 atom stereocenters. The van der Waals surface area contributed by atoms with Crippen LogP contribution in [0, 0.1) is 11.6 Å². The molecule has 0 aromatic heterocycles. The van der Waals surface area contributed by atoms with E-state index in [1.54, 1.807) is 0 Å². The highest BCUT2D eigenvalue weighted by Gasteiger charge is 2.19. The number of hydrogen-bond donors (Lipinski definition) is 2. The van der Waals surface area contributed by atoms with Crippen molar-refractivity contribution in [3.8, 4) is 0 Å². The summed E-state index contributed by atoms with van der Waals surface area (Å²) in [4.78, 5) is 11.9. The van der Waals surface area contributed by atoms with E-state index in [0.29, 0.717) is 15.2 Å². The van der Waals surface area contributed by atoms with Gasteiger partial charge in [-0.3, -0.25) is 4.79 Å². The molecule has 0 radical (unpaired) electrons. The smallest absolute Gasteiger partial charge is 0.261 e. The quantitative estimate of drug-likeness (QED) is 0.787. The summed E-state index contributed by atoms with van der Waals surface area (Å²) >= 11 is 8.99. The van der Waals surface area contributed by atoms with Gasteiger partial charge in [0.05, 0.1) is 10.7 Å². The Morgan fingerprint density at radius 1 is 1.25 bits per heavy atom. The number of rotatable bonds is 2. The lowest BCUT2D eigenvalue weighted by Crippen LogP contribution is -2.16. The van der Waals surface area contributed by atoms with Crippen molar-refractivity contribution in [1.29, 1.82) is 0 Å². The number of benzene rings is 2. The fourth-order valence-electron chi connectivity index (χ4n) is 1.54. The van der Waals surface area contributed by atoms with Gasteiger partial charge < -0.3 is 11.1 Å². The second-order valence-electron chi connectivity index (χ2n) is 3.91. The highest BCUT2D eigenvalue weighted by molar-refractivity contribution is 9.10. The number of nitrogen functional groups attached to an aromatic ring is 1. The van der Waals surface area contributed by atoms with Crippen molar-refractivity contribution in [3.63, 3.8) is 0 Å². The van der Waals surface area contributed by atoms with Gasteiger partial charge in [0.15, 0.2) is 5.82 Å². The average molecular weight is 362 g/mol. The van der Waals surface area contributed by atoms with Crippen molar-refractivity contribution in [3.05, 3.63) is 57.0 Å². The van der Waals surface area contributed by atoms with Crippen LogP contribution in [0.15, 0.2) is 34.8 Å². The molecular weight excluding hydrogens is 354 g/mol. The van der Waals surface area contributed by atoms with Crippen LogP contribution in [0.1, 0.15) is 10.4 Å². The lowest BCUT2D eigenvalue weighted by molar-refractivity contribution is 0.101. The summed E-state index contributed by atoms with van der Waals surface area (Å²) < 4.78 is 27.8.